The number of rotatable bonds is 7. The van der Waals surface area contributed by atoms with Gasteiger partial charge in [-0.25, -0.2) is 0 Å². The maximum atomic E-state index is 11.6. The lowest BCUT2D eigenvalue weighted by Gasteiger charge is -2.26. The molecule has 100 valence electrons. The van der Waals surface area contributed by atoms with Crippen molar-refractivity contribution >= 4 is 5.91 Å². The van der Waals surface area contributed by atoms with E-state index in [2.05, 4.69) is 12.2 Å². The Bertz CT molecular complexity index is 210. The average Bonchev–Trinajstić information content (AvgIpc) is 2.34. The Morgan fingerprint density at radius 2 is 1.88 bits per heavy atom. The van der Waals surface area contributed by atoms with Crippen LogP contribution in [0.4, 0.5) is 0 Å². The molecule has 0 aliphatic heterocycles. The third-order valence-corrected chi connectivity index (χ3v) is 3.74. The first-order valence-corrected chi connectivity index (χ1v) is 7.24. The number of amides is 1. The van der Waals surface area contributed by atoms with Gasteiger partial charge in [-0.05, 0) is 38.0 Å². The number of hydrogen-bond acceptors (Lipinski definition) is 2. The fraction of sp³-hybridized carbons (Fsp3) is 0.929. The number of hydrogen-bond donors (Lipinski definition) is 2. The lowest BCUT2D eigenvalue weighted by atomic mass is 9.86. The fourth-order valence-electron chi connectivity index (χ4n) is 2.45. The average molecular weight is 240 g/mol. The molecule has 0 saturated heterocycles. The van der Waals surface area contributed by atoms with Crippen LogP contribution in [-0.4, -0.2) is 18.5 Å². The van der Waals surface area contributed by atoms with E-state index in [1.165, 1.54) is 32.1 Å². The van der Waals surface area contributed by atoms with Crippen molar-refractivity contribution in [1.29, 1.82) is 0 Å². The molecule has 1 saturated carbocycles. The summed E-state index contributed by atoms with van der Waals surface area (Å²) in [5.74, 6) is 0.894. The van der Waals surface area contributed by atoms with Crippen molar-refractivity contribution in [3.8, 4) is 0 Å². The summed E-state index contributed by atoms with van der Waals surface area (Å²) in [6, 6.07) is 0.399. The predicted molar refractivity (Wildman–Crippen MR) is 71.7 cm³/mol. The highest BCUT2D eigenvalue weighted by Crippen LogP contribution is 2.22. The second kappa shape index (κ2) is 8.51. The smallest absolute Gasteiger partial charge is 0.220 e. The summed E-state index contributed by atoms with van der Waals surface area (Å²) in [6.45, 7) is 3.05. The zero-order valence-electron chi connectivity index (χ0n) is 11.2. The summed E-state index contributed by atoms with van der Waals surface area (Å²) < 4.78 is 0. The number of nitrogens with one attached hydrogen (secondary N) is 1. The molecule has 0 atom stereocenters. The van der Waals surface area contributed by atoms with Crippen molar-refractivity contribution in [1.82, 2.24) is 5.32 Å². The Morgan fingerprint density at radius 1 is 1.18 bits per heavy atom. The van der Waals surface area contributed by atoms with Crippen LogP contribution in [0.25, 0.3) is 0 Å². The van der Waals surface area contributed by atoms with Crippen molar-refractivity contribution in [2.75, 3.05) is 6.54 Å². The maximum absolute atomic E-state index is 11.6. The largest absolute Gasteiger partial charge is 0.356 e. The fourth-order valence-corrected chi connectivity index (χ4v) is 2.45. The summed E-state index contributed by atoms with van der Waals surface area (Å²) in [5.41, 5.74) is 5.86. The van der Waals surface area contributed by atoms with Gasteiger partial charge < -0.3 is 11.1 Å². The minimum absolute atomic E-state index is 0.232. The minimum Gasteiger partial charge on any atom is -0.356 e. The maximum Gasteiger partial charge on any atom is 0.220 e. The summed E-state index contributed by atoms with van der Waals surface area (Å²) in [5, 5.41) is 3.06. The molecule has 0 heterocycles. The van der Waals surface area contributed by atoms with E-state index in [1.54, 1.807) is 0 Å². The summed E-state index contributed by atoms with van der Waals surface area (Å²) in [7, 11) is 0. The molecule has 0 spiro atoms. The van der Waals surface area contributed by atoms with Gasteiger partial charge in [0.15, 0.2) is 0 Å². The Morgan fingerprint density at radius 3 is 2.53 bits per heavy atom. The number of carbonyl (C=O) groups is 1. The van der Waals surface area contributed by atoms with Gasteiger partial charge in [0, 0.05) is 19.0 Å². The molecule has 17 heavy (non-hydrogen) atoms. The molecule has 3 heteroatoms. The third kappa shape index (κ3) is 6.67. The molecular weight excluding hydrogens is 212 g/mol. The lowest BCUT2D eigenvalue weighted by Crippen LogP contribution is -2.34. The van der Waals surface area contributed by atoms with Gasteiger partial charge in [0.2, 0.25) is 5.91 Å². The summed E-state index contributed by atoms with van der Waals surface area (Å²) in [6.07, 6.45) is 9.99. The van der Waals surface area contributed by atoms with Crippen LogP contribution < -0.4 is 11.1 Å². The van der Waals surface area contributed by atoms with Gasteiger partial charge >= 0.3 is 0 Å². The van der Waals surface area contributed by atoms with Crippen molar-refractivity contribution < 1.29 is 4.79 Å². The molecule has 1 rings (SSSR count). The second-order valence-electron chi connectivity index (χ2n) is 5.40. The van der Waals surface area contributed by atoms with E-state index >= 15 is 0 Å². The molecule has 0 bridgehead atoms. The van der Waals surface area contributed by atoms with Gasteiger partial charge in [0.05, 0.1) is 0 Å². The number of nitrogens with two attached hydrogens (primary N) is 1. The van der Waals surface area contributed by atoms with Crippen molar-refractivity contribution in [3.05, 3.63) is 0 Å². The third-order valence-electron chi connectivity index (χ3n) is 3.74. The number of carbonyl (C=O) groups excluding carboxylic acids is 1. The normalized spacial score (nSPS) is 24.6. The first-order chi connectivity index (χ1) is 8.22. The second-order valence-corrected chi connectivity index (χ2v) is 5.40. The zero-order valence-corrected chi connectivity index (χ0v) is 11.2. The van der Waals surface area contributed by atoms with Crippen molar-refractivity contribution in [2.24, 2.45) is 11.7 Å². The van der Waals surface area contributed by atoms with Gasteiger partial charge in [-0.15, -0.1) is 0 Å². The van der Waals surface area contributed by atoms with Crippen LogP contribution in [0.5, 0.6) is 0 Å². The Hall–Kier alpha value is -0.570. The van der Waals surface area contributed by atoms with E-state index < -0.39 is 0 Å². The molecular formula is C14H28N2O. The van der Waals surface area contributed by atoms with E-state index in [1.807, 2.05) is 0 Å². The van der Waals surface area contributed by atoms with Crippen molar-refractivity contribution in [2.45, 2.75) is 70.8 Å². The van der Waals surface area contributed by atoms with Gasteiger partial charge in [0.1, 0.15) is 0 Å². The summed E-state index contributed by atoms with van der Waals surface area (Å²) >= 11 is 0. The molecule has 1 aliphatic rings. The molecule has 3 nitrogen and oxygen atoms in total. The van der Waals surface area contributed by atoms with E-state index in [0.29, 0.717) is 18.4 Å². The molecule has 0 aromatic carbocycles. The highest BCUT2D eigenvalue weighted by Gasteiger charge is 2.18. The molecule has 1 amide bonds. The van der Waals surface area contributed by atoms with Crippen molar-refractivity contribution in [3.63, 3.8) is 0 Å². The standard InChI is InChI=1S/C14H28N2O/c1-2-3-4-5-6-14(17)16-11-12-7-9-13(15)10-8-12/h12-13H,2-11,15H2,1H3,(H,16,17). The molecule has 3 N–H and O–H groups in total. The first-order valence-electron chi connectivity index (χ1n) is 7.24. The zero-order chi connectivity index (χ0) is 12.5. The molecule has 1 aliphatic carbocycles. The summed E-state index contributed by atoms with van der Waals surface area (Å²) in [4.78, 5) is 11.6. The van der Waals surface area contributed by atoms with E-state index in [9.17, 15) is 4.79 Å². The van der Waals surface area contributed by atoms with Crippen LogP contribution >= 0.6 is 0 Å². The van der Waals surface area contributed by atoms with E-state index in [0.717, 1.165) is 25.8 Å². The highest BCUT2D eigenvalue weighted by atomic mass is 16.1. The van der Waals surface area contributed by atoms with Crippen LogP contribution in [0.15, 0.2) is 0 Å². The van der Waals surface area contributed by atoms with Gasteiger partial charge in [-0.2, -0.15) is 0 Å². The Kier molecular flexibility index (Phi) is 7.25. The molecule has 0 radical (unpaired) electrons. The van der Waals surface area contributed by atoms with Gasteiger partial charge in [-0.3, -0.25) is 4.79 Å². The van der Waals surface area contributed by atoms with Gasteiger partial charge in [0.25, 0.3) is 0 Å². The van der Waals surface area contributed by atoms with Crippen LogP contribution in [-0.2, 0) is 4.79 Å². The van der Waals surface area contributed by atoms with Gasteiger partial charge in [-0.1, -0.05) is 26.2 Å². The predicted octanol–water partition coefficient (Wildman–Crippen LogP) is 2.59. The quantitative estimate of drug-likeness (QED) is 0.672. The SMILES string of the molecule is CCCCCCC(=O)NCC1CCC(N)CC1. The Labute approximate surface area is 106 Å². The van der Waals surface area contributed by atoms with Crippen LogP contribution in [0.2, 0.25) is 0 Å². The lowest BCUT2D eigenvalue weighted by molar-refractivity contribution is -0.121. The topological polar surface area (TPSA) is 55.1 Å². The van der Waals surface area contributed by atoms with Crippen LogP contribution in [0.3, 0.4) is 0 Å². The number of unbranched alkanes of at least 4 members (excludes halogenated alkanes) is 3. The molecule has 0 aromatic rings. The van der Waals surface area contributed by atoms with Crippen LogP contribution in [0.1, 0.15) is 64.7 Å². The highest BCUT2D eigenvalue weighted by molar-refractivity contribution is 5.75. The first kappa shape index (κ1) is 14.5. The Balaban J connectivity index is 1.99. The molecule has 1 fully saturated rings. The van der Waals surface area contributed by atoms with E-state index in [-0.39, 0.29) is 5.91 Å². The van der Waals surface area contributed by atoms with E-state index in [4.69, 9.17) is 5.73 Å². The minimum atomic E-state index is 0.232. The molecule has 0 aromatic heterocycles. The van der Waals surface area contributed by atoms with Crippen LogP contribution in [0, 0.1) is 5.92 Å². The monoisotopic (exact) mass is 240 g/mol. The molecule has 0 unspecified atom stereocenters.